The molecule has 0 radical (unpaired) electrons. The van der Waals surface area contributed by atoms with Gasteiger partial charge in [-0.3, -0.25) is 4.79 Å². The number of hydrogen-bond donors (Lipinski definition) is 2. The quantitative estimate of drug-likeness (QED) is 0.788. The van der Waals surface area contributed by atoms with E-state index in [1.54, 1.807) is 24.3 Å². The molecule has 0 saturated carbocycles. The predicted molar refractivity (Wildman–Crippen MR) is 90.5 cm³/mol. The van der Waals surface area contributed by atoms with Crippen molar-refractivity contribution in [3.05, 3.63) is 50.5 Å². The second-order valence-corrected chi connectivity index (χ2v) is 5.84. The molecule has 0 fully saturated rings. The SMILES string of the molecule is CCNc1ncc(C(=O)Nc2ccc(Br)c(Cl)c2)cc1Cl. The van der Waals surface area contributed by atoms with E-state index >= 15 is 0 Å². The maximum absolute atomic E-state index is 12.1. The Morgan fingerprint density at radius 3 is 2.67 bits per heavy atom. The highest BCUT2D eigenvalue weighted by Gasteiger charge is 2.10. The van der Waals surface area contributed by atoms with Gasteiger partial charge in [-0.25, -0.2) is 4.98 Å². The molecule has 7 heteroatoms. The molecule has 2 aromatic rings. The molecule has 0 bridgehead atoms. The zero-order valence-electron chi connectivity index (χ0n) is 11.1. The van der Waals surface area contributed by atoms with Gasteiger partial charge < -0.3 is 10.6 Å². The predicted octanol–water partition coefficient (Wildman–Crippen LogP) is 4.84. The monoisotopic (exact) mass is 387 g/mol. The lowest BCUT2D eigenvalue weighted by atomic mass is 10.2. The van der Waals surface area contributed by atoms with Gasteiger partial charge >= 0.3 is 0 Å². The average Bonchev–Trinajstić information content (AvgIpc) is 2.45. The first-order valence-electron chi connectivity index (χ1n) is 6.17. The molecule has 0 atom stereocenters. The van der Waals surface area contributed by atoms with Crippen LogP contribution in [0.5, 0.6) is 0 Å². The molecule has 1 amide bonds. The highest BCUT2D eigenvalue weighted by atomic mass is 79.9. The Morgan fingerprint density at radius 2 is 2.05 bits per heavy atom. The summed E-state index contributed by atoms with van der Waals surface area (Å²) in [5.74, 6) is 0.258. The van der Waals surface area contributed by atoms with Crippen LogP contribution < -0.4 is 10.6 Å². The third-order valence-electron chi connectivity index (χ3n) is 2.63. The number of carbonyl (C=O) groups excluding carboxylic acids is 1. The molecule has 2 N–H and O–H groups in total. The van der Waals surface area contributed by atoms with E-state index in [-0.39, 0.29) is 5.91 Å². The Morgan fingerprint density at radius 1 is 1.29 bits per heavy atom. The molecule has 1 aromatic carbocycles. The average molecular weight is 389 g/mol. The normalized spacial score (nSPS) is 10.3. The van der Waals surface area contributed by atoms with E-state index in [4.69, 9.17) is 23.2 Å². The van der Waals surface area contributed by atoms with Crippen LogP contribution in [0.15, 0.2) is 34.9 Å². The topological polar surface area (TPSA) is 54.0 Å². The number of amides is 1. The summed E-state index contributed by atoms with van der Waals surface area (Å²) in [6, 6.07) is 6.74. The standard InChI is InChI=1S/C14H12BrCl2N3O/c1-2-18-13-12(17)5-8(7-19-13)14(21)20-9-3-4-10(15)11(16)6-9/h3-7H,2H2,1H3,(H,18,19)(H,20,21). The summed E-state index contributed by atoms with van der Waals surface area (Å²) in [5.41, 5.74) is 0.973. The lowest BCUT2D eigenvalue weighted by Crippen LogP contribution is -2.13. The Labute approximate surface area is 141 Å². The van der Waals surface area contributed by atoms with Gasteiger partial charge in [-0.05, 0) is 47.1 Å². The van der Waals surface area contributed by atoms with Gasteiger partial charge in [0.05, 0.1) is 15.6 Å². The summed E-state index contributed by atoms with van der Waals surface area (Å²) in [4.78, 5) is 16.3. The minimum absolute atomic E-state index is 0.300. The molecule has 21 heavy (non-hydrogen) atoms. The van der Waals surface area contributed by atoms with Crippen LogP contribution in [0, 0.1) is 0 Å². The van der Waals surface area contributed by atoms with Crippen molar-refractivity contribution in [2.45, 2.75) is 6.92 Å². The molecule has 2 rings (SSSR count). The summed E-state index contributed by atoms with van der Waals surface area (Å²) < 4.78 is 0.766. The molecular weight excluding hydrogens is 377 g/mol. The molecule has 1 aromatic heterocycles. The highest BCUT2D eigenvalue weighted by Crippen LogP contribution is 2.26. The van der Waals surface area contributed by atoms with Crippen molar-refractivity contribution in [1.82, 2.24) is 4.98 Å². The van der Waals surface area contributed by atoms with E-state index in [1.165, 1.54) is 6.20 Å². The Hall–Kier alpha value is -1.30. The fourth-order valence-electron chi connectivity index (χ4n) is 1.64. The Balaban J connectivity index is 2.16. The number of benzene rings is 1. The van der Waals surface area contributed by atoms with E-state index in [2.05, 4.69) is 31.5 Å². The summed E-state index contributed by atoms with van der Waals surface area (Å²) in [7, 11) is 0. The summed E-state index contributed by atoms with van der Waals surface area (Å²) in [6.07, 6.45) is 1.47. The van der Waals surface area contributed by atoms with Crippen molar-refractivity contribution in [3.8, 4) is 0 Å². The molecular formula is C14H12BrCl2N3O. The third kappa shape index (κ3) is 4.09. The fraction of sp³-hybridized carbons (Fsp3) is 0.143. The van der Waals surface area contributed by atoms with Gasteiger partial charge in [0.15, 0.2) is 0 Å². The van der Waals surface area contributed by atoms with Crippen LogP contribution in [0.1, 0.15) is 17.3 Å². The van der Waals surface area contributed by atoms with E-state index < -0.39 is 0 Å². The maximum atomic E-state index is 12.1. The van der Waals surface area contributed by atoms with Crippen LogP contribution in [0.2, 0.25) is 10.0 Å². The van der Waals surface area contributed by atoms with Crippen LogP contribution in [-0.2, 0) is 0 Å². The van der Waals surface area contributed by atoms with Crippen LogP contribution in [0.4, 0.5) is 11.5 Å². The second kappa shape index (κ2) is 7.11. The van der Waals surface area contributed by atoms with Gasteiger partial charge in [-0.2, -0.15) is 0 Å². The summed E-state index contributed by atoms with van der Waals surface area (Å²) >= 11 is 15.3. The minimum Gasteiger partial charge on any atom is -0.369 e. The number of halogens is 3. The van der Waals surface area contributed by atoms with Crippen molar-refractivity contribution in [1.29, 1.82) is 0 Å². The number of carbonyl (C=O) groups is 1. The van der Waals surface area contributed by atoms with Gasteiger partial charge in [-0.1, -0.05) is 23.2 Å². The molecule has 4 nitrogen and oxygen atoms in total. The van der Waals surface area contributed by atoms with Gasteiger partial charge in [0.2, 0.25) is 0 Å². The number of anilines is 2. The molecule has 0 unspecified atom stereocenters. The maximum Gasteiger partial charge on any atom is 0.257 e. The van der Waals surface area contributed by atoms with Gasteiger partial charge in [0.25, 0.3) is 5.91 Å². The third-order valence-corrected chi connectivity index (χ3v) is 4.15. The van der Waals surface area contributed by atoms with Crippen molar-refractivity contribution in [2.75, 3.05) is 17.2 Å². The first-order valence-corrected chi connectivity index (χ1v) is 7.72. The zero-order chi connectivity index (χ0) is 15.4. The van der Waals surface area contributed by atoms with Gasteiger partial charge in [-0.15, -0.1) is 0 Å². The van der Waals surface area contributed by atoms with Crippen LogP contribution in [-0.4, -0.2) is 17.4 Å². The van der Waals surface area contributed by atoms with E-state index in [0.717, 1.165) is 4.47 Å². The van der Waals surface area contributed by atoms with Crippen LogP contribution >= 0.6 is 39.1 Å². The van der Waals surface area contributed by atoms with Gasteiger partial charge in [0.1, 0.15) is 5.82 Å². The number of pyridine rings is 1. The molecule has 0 aliphatic carbocycles. The van der Waals surface area contributed by atoms with Crippen LogP contribution in [0.25, 0.3) is 0 Å². The van der Waals surface area contributed by atoms with Crippen molar-refractivity contribution >= 4 is 56.5 Å². The molecule has 0 saturated heterocycles. The zero-order valence-corrected chi connectivity index (χ0v) is 14.2. The highest BCUT2D eigenvalue weighted by molar-refractivity contribution is 9.10. The van der Waals surface area contributed by atoms with E-state index in [1.807, 2.05) is 6.92 Å². The first-order chi connectivity index (χ1) is 10.0. The molecule has 0 spiro atoms. The molecule has 0 aliphatic heterocycles. The minimum atomic E-state index is -0.300. The van der Waals surface area contributed by atoms with Crippen molar-refractivity contribution in [2.24, 2.45) is 0 Å². The molecule has 0 aliphatic rings. The number of aromatic nitrogens is 1. The lowest BCUT2D eigenvalue weighted by Gasteiger charge is -2.09. The number of rotatable bonds is 4. The Kier molecular flexibility index (Phi) is 5.45. The number of nitrogens with zero attached hydrogens (tertiary/aromatic N) is 1. The Bertz CT molecular complexity index is 679. The first kappa shape index (κ1) is 16.1. The number of hydrogen-bond acceptors (Lipinski definition) is 3. The summed E-state index contributed by atoms with van der Waals surface area (Å²) in [5, 5.41) is 6.67. The van der Waals surface area contributed by atoms with E-state index in [9.17, 15) is 4.79 Å². The fourth-order valence-corrected chi connectivity index (χ4v) is 2.30. The van der Waals surface area contributed by atoms with Crippen molar-refractivity contribution < 1.29 is 4.79 Å². The lowest BCUT2D eigenvalue weighted by molar-refractivity contribution is 0.102. The second-order valence-electron chi connectivity index (χ2n) is 4.17. The summed E-state index contributed by atoms with van der Waals surface area (Å²) in [6.45, 7) is 2.64. The molecule has 110 valence electrons. The van der Waals surface area contributed by atoms with Gasteiger partial charge in [0, 0.05) is 22.9 Å². The number of nitrogens with one attached hydrogen (secondary N) is 2. The largest absolute Gasteiger partial charge is 0.369 e. The smallest absolute Gasteiger partial charge is 0.257 e. The van der Waals surface area contributed by atoms with Crippen LogP contribution in [0.3, 0.4) is 0 Å². The van der Waals surface area contributed by atoms with E-state index in [0.29, 0.717) is 33.7 Å². The molecule has 1 heterocycles. The van der Waals surface area contributed by atoms with Crippen molar-refractivity contribution in [3.63, 3.8) is 0 Å².